The largest absolute Gasteiger partial charge is 0.457 e. The molecule has 0 radical (unpaired) electrons. The number of benzene rings is 1. The van der Waals surface area contributed by atoms with Crippen molar-refractivity contribution in [3.05, 3.63) is 41.3 Å². The minimum Gasteiger partial charge on any atom is -0.457 e. The molecule has 39 heavy (non-hydrogen) atoms. The van der Waals surface area contributed by atoms with Crippen molar-refractivity contribution in [3.8, 4) is 0 Å². The molecule has 0 amide bonds. The number of rotatable bonds is 5. The predicted octanol–water partition coefficient (Wildman–Crippen LogP) is 5.54. The van der Waals surface area contributed by atoms with Crippen LogP contribution in [0.4, 0.5) is 0 Å². The first-order valence-electron chi connectivity index (χ1n) is 14.3. The maximum atomic E-state index is 13.7. The van der Waals surface area contributed by atoms with Crippen LogP contribution in [0, 0.1) is 17.3 Å². The molecular formula is C31H46N2O6. The van der Waals surface area contributed by atoms with Gasteiger partial charge in [0.2, 0.25) is 5.89 Å². The van der Waals surface area contributed by atoms with Gasteiger partial charge in [-0.2, -0.15) is 0 Å². The molecule has 1 aromatic heterocycles. The van der Waals surface area contributed by atoms with Gasteiger partial charge in [0.15, 0.2) is 5.58 Å². The molecule has 5 atom stereocenters. The van der Waals surface area contributed by atoms with E-state index < -0.39 is 35.6 Å². The Bertz CT molecular complexity index is 1150. The summed E-state index contributed by atoms with van der Waals surface area (Å²) in [5.41, 5.74) is 7.61. The number of esters is 1. The monoisotopic (exact) mass is 542 g/mol. The Balaban J connectivity index is 1.92. The van der Waals surface area contributed by atoms with Crippen molar-refractivity contribution in [2.75, 3.05) is 0 Å². The topological polar surface area (TPSA) is 136 Å². The summed E-state index contributed by atoms with van der Waals surface area (Å²) >= 11 is 0. The lowest BCUT2D eigenvalue weighted by atomic mass is 9.71. The Labute approximate surface area is 232 Å². The SMILES string of the molecule is CCCC[C@H]1C(=O)C(C)(C)[C@@H](O)CC(=O)O[C@H](c2ccc3oc(CN)nc3c2)C/C=C(/C)CCC[C@H](C)[C@@H]1O. The highest BCUT2D eigenvalue weighted by atomic mass is 16.5. The predicted molar refractivity (Wildman–Crippen MR) is 151 cm³/mol. The van der Waals surface area contributed by atoms with Crippen molar-refractivity contribution in [3.63, 3.8) is 0 Å². The van der Waals surface area contributed by atoms with Gasteiger partial charge in [0, 0.05) is 12.3 Å². The molecule has 2 aromatic rings. The number of hydrogen-bond acceptors (Lipinski definition) is 8. The molecule has 0 spiro atoms. The van der Waals surface area contributed by atoms with Crippen molar-refractivity contribution in [1.29, 1.82) is 0 Å². The van der Waals surface area contributed by atoms with Gasteiger partial charge in [-0.15, -0.1) is 0 Å². The van der Waals surface area contributed by atoms with Crippen molar-refractivity contribution < 1.29 is 29.0 Å². The Hall–Kier alpha value is -2.55. The lowest BCUT2D eigenvalue weighted by Crippen LogP contribution is -2.46. The lowest BCUT2D eigenvalue weighted by molar-refractivity contribution is -0.156. The van der Waals surface area contributed by atoms with E-state index >= 15 is 0 Å². The van der Waals surface area contributed by atoms with Crippen molar-refractivity contribution in [1.82, 2.24) is 4.98 Å². The number of carbonyl (C=O) groups excluding carboxylic acids is 2. The molecule has 1 aromatic carbocycles. The summed E-state index contributed by atoms with van der Waals surface area (Å²) in [5, 5.41) is 22.3. The number of aliphatic hydroxyl groups excluding tert-OH is 2. The fraction of sp³-hybridized carbons (Fsp3) is 0.645. The number of aliphatic hydroxyl groups is 2. The third kappa shape index (κ3) is 7.77. The Morgan fingerprint density at radius 3 is 2.64 bits per heavy atom. The van der Waals surface area contributed by atoms with Crippen molar-refractivity contribution >= 4 is 22.9 Å². The average molecular weight is 543 g/mol. The molecule has 8 heteroatoms. The number of Topliss-reactive ketones (excluding diaryl/α,β-unsaturated/α-hetero) is 1. The van der Waals surface area contributed by atoms with Gasteiger partial charge in [-0.05, 0) is 56.2 Å². The van der Waals surface area contributed by atoms with Crippen LogP contribution in [0.25, 0.3) is 11.1 Å². The molecule has 216 valence electrons. The van der Waals surface area contributed by atoms with Crippen LogP contribution in [0.5, 0.6) is 0 Å². The third-order valence-corrected chi connectivity index (χ3v) is 8.22. The molecular weight excluding hydrogens is 496 g/mol. The molecule has 0 fully saturated rings. The number of allylic oxidation sites excluding steroid dienone is 1. The quantitative estimate of drug-likeness (QED) is 0.331. The number of fused-ring (bicyclic) bond motifs is 1. The maximum absolute atomic E-state index is 13.7. The van der Waals surface area contributed by atoms with Crippen LogP contribution < -0.4 is 5.73 Å². The van der Waals surface area contributed by atoms with E-state index in [0.29, 0.717) is 29.8 Å². The summed E-state index contributed by atoms with van der Waals surface area (Å²) in [5.74, 6) is -1.02. The molecule has 3 rings (SSSR count). The standard InChI is InChI=1S/C31H46N2O6/c1-6-7-11-22-29(36)20(3)10-8-9-19(2)12-14-24(39-28(35)17-26(34)31(4,5)30(22)37)21-13-15-25-23(16-21)33-27(18-32)38-25/h12-13,15-16,20,22,24,26,29,34,36H,6-11,14,17-18,32H2,1-5H3/b19-12-/t20-,22+,24-,26-,29-/m0/s1. The second kappa shape index (κ2) is 13.7. The highest BCUT2D eigenvalue weighted by molar-refractivity contribution is 5.88. The van der Waals surface area contributed by atoms with Crippen LogP contribution in [0.15, 0.2) is 34.3 Å². The van der Waals surface area contributed by atoms with E-state index in [2.05, 4.69) is 24.9 Å². The molecule has 0 bridgehead atoms. The lowest BCUT2D eigenvalue weighted by Gasteiger charge is -2.36. The van der Waals surface area contributed by atoms with Crippen molar-refractivity contribution in [2.24, 2.45) is 23.0 Å². The van der Waals surface area contributed by atoms with Gasteiger partial charge in [0.25, 0.3) is 0 Å². The van der Waals surface area contributed by atoms with E-state index in [1.807, 2.05) is 19.1 Å². The van der Waals surface area contributed by atoms with Crippen LogP contribution in [-0.4, -0.2) is 39.2 Å². The molecule has 0 saturated carbocycles. The first-order chi connectivity index (χ1) is 18.5. The summed E-state index contributed by atoms with van der Waals surface area (Å²) in [6, 6.07) is 5.47. The van der Waals surface area contributed by atoms with E-state index in [1.54, 1.807) is 19.9 Å². The molecule has 1 aliphatic rings. The minimum absolute atomic E-state index is 0.0604. The van der Waals surface area contributed by atoms with Gasteiger partial charge in [-0.25, -0.2) is 4.98 Å². The fourth-order valence-electron chi connectivity index (χ4n) is 5.36. The van der Waals surface area contributed by atoms with Gasteiger partial charge in [-0.1, -0.05) is 58.3 Å². The number of nitrogens with zero attached hydrogens (tertiary/aromatic N) is 1. The zero-order chi connectivity index (χ0) is 28.7. The van der Waals surface area contributed by atoms with E-state index in [1.165, 1.54) is 0 Å². The Morgan fingerprint density at radius 2 is 1.95 bits per heavy atom. The number of cyclic esters (lactones) is 1. The smallest absolute Gasteiger partial charge is 0.309 e. The zero-order valence-corrected chi connectivity index (χ0v) is 24.1. The third-order valence-electron chi connectivity index (χ3n) is 8.22. The molecule has 4 N–H and O–H groups in total. The summed E-state index contributed by atoms with van der Waals surface area (Å²) in [6.07, 6.45) is 4.35. The number of oxazole rings is 1. The number of nitrogens with two attached hydrogens (primary N) is 1. The first kappa shape index (κ1) is 31.0. The van der Waals surface area contributed by atoms with Crippen molar-refractivity contribution in [2.45, 2.75) is 111 Å². The number of carbonyl (C=O) groups is 2. The molecule has 0 aliphatic carbocycles. The maximum Gasteiger partial charge on any atom is 0.309 e. The number of unbranched alkanes of at least 4 members (excludes halogenated alkanes) is 1. The normalized spacial score (nSPS) is 29.1. The van der Waals surface area contributed by atoms with Gasteiger partial charge in [0.05, 0.1) is 30.6 Å². The second-order valence-electron chi connectivity index (χ2n) is 11.7. The molecule has 8 nitrogen and oxygen atoms in total. The molecule has 1 aliphatic heterocycles. The minimum atomic E-state index is -1.25. The van der Waals surface area contributed by atoms with Crippen LogP contribution in [-0.2, 0) is 20.9 Å². The number of ether oxygens (including phenoxy) is 1. The molecule has 2 heterocycles. The second-order valence-corrected chi connectivity index (χ2v) is 11.7. The van der Waals surface area contributed by atoms with E-state index in [-0.39, 0.29) is 24.7 Å². The van der Waals surface area contributed by atoms with Gasteiger partial charge in [-0.3, -0.25) is 9.59 Å². The van der Waals surface area contributed by atoms with Gasteiger partial charge in [0.1, 0.15) is 17.4 Å². The van der Waals surface area contributed by atoms with Gasteiger partial charge < -0.3 is 25.1 Å². The Morgan fingerprint density at radius 1 is 1.21 bits per heavy atom. The number of aromatic nitrogens is 1. The highest BCUT2D eigenvalue weighted by Crippen LogP contribution is 2.35. The summed E-state index contributed by atoms with van der Waals surface area (Å²) < 4.78 is 11.5. The number of ketones is 1. The number of hydrogen-bond donors (Lipinski definition) is 3. The zero-order valence-electron chi connectivity index (χ0n) is 24.1. The van der Waals surface area contributed by atoms with Crippen LogP contribution in [0.1, 0.15) is 104 Å². The van der Waals surface area contributed by atoms with Gasteiger partial charge >= 0.3 is 5.97 Å². The van der Waals surface area contributed by atoms with E-state index in [9.17, 15) is 19.8 Å². The highest BCUT2D eigenvalue weighted by Gasteiger charge is 2.43. The average Bonchev–Trinajstić information content (AvgIpc) is 3.32. The molecule has 0 unspecified atom stereocenters. The first-order valence-corrected chi connectivity index (χ1v) is 14.3. The van der Waals surface area contributed by atoms with Crippen LogP contribution >= 0.6 is 0 Å². The van der Waals surface area contributed by atoms with E-state index in [4.69, 9.17) is 14.9 Å². The van der Waals surface area contributed by atoms with Crippen LogP contribution in [0.3, 0.4) is 0 Å². The summed E-state index contributed by atoms with van der Waals surface area (Å²) in [4.78, 5) is 31.2. The summed E-state index contributed by atoms with van der Waals surface area (Å²) in [6.45, 7) is 9.59. The molecule has 0 saturated heterocycles. The summed E-state index contributed by atoms with van der Waals surface area (Å²) in [7, 11) is 0. The Kier molecular flexibility index (Phi) is 10.9. The van der Waals surface area contributed by atoms with E-state index in [0.717, 1.165) is 43.2 Å². The fourth-order valence-corrected chi connectivity index (χ4v) is 5.36. The van der Waals surface area contributed by atoms with Crippen LogP contribution in [0.2, 0.25) is 0 Å².